The molecule has 1 aliphatic heterocycles. The van der Waals surface area contributed by atoms with Gasteiger partial charge in [-0.15, -0.1) is 0 Å². The summed E-state index contributed by atoms with van der Waals surface area (Å²) in [7, 11) is -3.85. The van der Waals surface area contributed by atoms with Gasteiger partial charge in [-0.3, -0.25) is 0 Å². The molecule has 6 nitrogen and oxygen atoms in total. The second-order valence-electron chi connectivity index (χ2n) is 4.13. The van der Waals surface area contributed by atoms with E-state index in [2.05, 4.69) is 5.32 Å². The molecule has 2 aromatic carbocycles. The highest BCUT2D eigenvalue weighted by Crippen LogP contribution is 2.31. The van der Waals surface area contributed by atoms with Crippen LogP contribution in [0, 0.1) is 0 Å². The van der Waals surface area contributed by atoms with E-state index in [9.17, 15) is 13.2 Å². The van der Waals surface area contributed by atoms with Crippen LogP contribution < -0.4 is 14.8 Å². The van der Waals surface area contributed by atoms with E-state index < -0.39 is 16.1 Å². The lowest BCUT2D eigenvalue weighted by atomic mass is 10.3. The summed E-state index contributed by atoms with van der Waals surface area (Å²) < 4.78 is 31.2. The van der Waals surface area contributed by atoms with Crippen LogP contribution in [0.3, 0.4) is 0 Å². The number of urea groups is 1. The molecule has 0 aromatic heterocycles. The fourth-order valence-corrected chi connectivity index (χ4v) is 2.93. The number of para-hydroxylation sites is 1. The highest BCUT2D eigenvalue weighted by molar-refractivity contribution is 7.90. The first-order chi connectivity index (χ1) is 9.54. The molecule has 7 heteroatoms. The highest BCUT2D eigenvalue weighted by atomic mass is 32.2. The largest absolute Gasteiger partial charge is 0.457 e. The third-order valence-corrected chi connectivity index (χ3v) is 4.07. The van der Waals surface area contributed by atoms with Gasteiger partial charge in [0.1, 0.15) is 16.4 Å². The lowest BCUT2D eigenvalue weighted by Gasteiger charge is -2.19. The Labute approximate surface area is 115 Å². The molecule has 1 aliphatic rings. The van der Waals surface area contributed by atoms with Crippen molar-refractivity contribution in [3.05, 3.63) is 48.5 Å². The molecule has 2 N–H and O–H groups in total. The molecule has 2 amide bonds. The lowest BCUT2D eigenvalue weighted by molar-refractivity contribution is 0.256. The maximum absolute atomic E-state index is 11.9. The van der Waals surface area contributed by atoms with Crippen molar-refractivity contribution < 1.29 is 17.9 Å². The van der Waals surface area contributed by atoms with Crippen molar-refractivity contribution in [3.8, 4) is 11.5 Å². The van der Waals surface area contributed by atoms with Gasteiger partial charge in [0.25, 0.3) is 10.0 Å². The summed E-state index contributed by atoms with van der Waals surface area (Å²) in [5.74, 6) is 0.967. The van der Waals surface area contributed by atoms with Gasteiger partial charge < -0.3 is 10.1 Å². The normalized spacial score (nSPS) is 15.7. The van der Waals surface area contributed by atoms with E-state index >= 15 is 0 Å². The Balaban J connectivity index is 1.99. The van der Waals surface area contributed by atoms with Crippen molar-refractivity contribution in [3.63, 3.8) is 0 Å². The molecule has 0 unspecified atom stereocenters. The van der Waals surface area contributed by atoms with Crippen LogP contribution in [0.5, 0.6) is 11.5 Å². The number of nitrogens with one attached hydrogen (secondary N) is 2. The molecule has 0 radical (unpaired) electrons. The molecule has 3 rings (SSSR count). The number of hydrogen-bond donors (Lipinski definition) is 2. The number of sulfonamides is 1. The maximum Gasteiger partial charge on any atom is 0.333 e. The Morgan fingerprint density at radius 2 is 1.70 bits per heavy atom. The minimum absolute atomic E-state index is 0.0227. The molecular weight excluding hydrogens is 280 g/mol. The first-order valence-corrected chi connectivity index (χ1v) is 7.24. The Morgan fingerprint density at radius 1 is 0.950 bits per heavy atom. The molecule has 0 fully saturated rings. The number of carbonyl (C=O) groups excluding carboxylic acids is 1. The Bertz CT molecular complexity index is 772. The number of fused-ring (bicyclic) bond motifs is 1. The smallest absolute Gasteiger partial charge is 0.333 e. The quantitative estimate of drug-likeness (QED) is 0.888. The number of benzene rings is 2. The van der Waals surface area contributed by atoms with E-state index in [0.717, 1.165) is 0 Å². The molecule has 102 valence electrons. The molecule has 0 saturated heterocycles. The molecule has 0 aliphatic carbocycles. The predicted molar refractivity (Wildman–Crippen MR) is 72.3 cm³/mol. The zero-order valence-electron chi connectivity index (χ0n) is 10.2. The highest BCUT2D eigenvalue weighted by Gasteiger charge is 2.28. The molecule has 0 saturated carbocycles. The van der Waals surface area contributed by atoms with Gasteiger partial charge in [0.2, 0.25) is 0 Å². The number of rotatable bonds is 2. The topological polar surface area (TPSA) is 84.5 Å². The van der Waals surface area contributed by atoms with Crippen LogP contribution in [0.2, 0.25) is 0 Å². The predicted octanol–water partition coefficient (Wildman–Crippen LogP) is 2.30. The number of carbonyl (C=O) groups is 1. The zero-order valence-corrected chi connectivity index (χ0v) is 11.0. The van der Waals surface area contributed by atoms with Crippen LogP contribution in [0.25, 0.3) is 0 Å². The van der Waals surface area contributed by atoms with Crippen molar-refractivity contribution in [1.82, 2.24) is 4.72 Å². The number of anilines is 1. The molecule has 0 spiro atoms. The van der Waals surface area contributed by atoms with E-state index in [0.29, 0.717) is 11.5 Å². The maximum atomic E-state index is 11.9. The Morgan fingerprint density at radius 3 is 2.45 bits per heavy atom. The molecule has 0 bridgehead atoms. The third kappa shape index (κ3) is 2.30. The molecule has 0 atom stereocenters. The summed E-state index contributed by atoms with van der Waals surface area (Å²) in [6, 6.07) is 12.7. The number of amides is 2. The van der Waals surface area contributed by atoms with Crippen molar-refractivity contribution in [2.24, 2.45) is 0 Å². The fourth-order valence-electron chi connectivity index (χ4n) is 1.84. The van der Waals surface area contributed by atoms with Crippen molar-refractivity contribution in [2.75, 3.05) is 5.32 Å². The fraction of sp³-hybridized carbons (Fsp3) is 0. The van der Waals surface area contributed by atoms with E-state index in [-0.39, 0.29) is 10.6 Å². The summed E-state index contributed by atoms with van der Waals surface area (Å²) in [5, 5.41) is 2.42. The zero-order chi connectivity index (χ0) is 14.2. The molecule has 2 aromatic rings. The van der Waals surface area contributed by atoms with Crippen LogP contribution in [-0.2, 0) is 10.0 Å². The second kappa shape index (κ2) is 4.53. The van der Waals surface area contributed by atoms with Gasteiger partial charge >= 0.3 is 6.03 Å². The van der Waals surface area contributed by atoms with Gasteiger partial charge in [-0.1, -0.05) is 18.2 Å². The summed E-state index contributed by atoms with van der Waals surface area (Å²) >= 11 is 0. The monoisotopic (exact) mass is 290 g/mol. The van der Waals surface area contributed by atoms with Gasteiger partial charge in [-0.25, -0.2) is 17.9 Å². The van der Waals surface area contributed by atoms with Crippen molar-refractivity contribution in [1.29, 1.82) is 0 Å². The summed E-state index contributed by atoms with van der Waals surface area (Å²) in [4.78, 5) is 11.2. The van der Waals surface area contributed by atoms with Gasteiger partial charge in [0.05, 0.1) is 5.69 Å². The Kier molecular flexibility index (Phi) is 2.83. The summed E-state index contributed by atoms with van der Waals surface area (Å²) in [6.45, 7) is 0. The van der Waals surface area contributed by atoms with E-state index in [1.807, 2.05) is 22.9 Å². The van der Waals surface area contributed by atoms with Gasteiger partial charge in [0, 0.05) is 6.07 Å². The minimum Gasteiger partial charge on any atom is -0.457 e. The Hall–Kier alpha value is -2.54. The second-order valence-corrected chi connectivity index (χ2v) is 5.78. The SMILES string of the molecule is O=C1Nc2ccc(Oc3ccccc3)cc2S(=O)(=O)N1. The standard InChI is InChI=1S/C13H10N2O4S/c16-13-14-11-7-6-10(8-12(11)20(17,18)15-13)19-9-4-2-1-3-5-9/h1-8H,(H2,14,15,16). The third-order valence-electron chi connectivity index (χ3n) is 2.70. The average Bonchev–Trinajstić information content (AvgIpc) is 2.40. The van der Waals surface area contributed by atoms with E-state index in [4.69, 9.17) is 4.74 Å². The van der Waals surface area contributed by atoms with Gasteiger partial charge in [0.15, 0.2) is 0 Å². The number of ether oxygens (including phenoxy) is 1. The summed E-state index contributed by atoms with van der Waals surface area (Å²) in [6.07, 6.45) is 0. The van der Waals surface area contributed by atoms with Crippen molar-refractivity contribution in [2.45, 2.75) is 4.90 Å². The molecule has 1 heterocycles. The average molecular weight is 290 g/mol. The van der Waals surface area contributed by atoms with Crippen molar-refractivity contribution >= 4 is 21.7 Å². The summed E-state index contributed by atoms with van der Waals surface area (Å²) in [5.41, 5.74) is 0.231. The molecular formula is C13H10N2O4S. The van der Waals surface area contributed by atoms with Gasteiger partial charge in [-0.05, 0) is 24.3 Å². The first-order valence-electron chi connectivity index (χ1n) is 5.75. The molecule has 20 heavy (non-hydrogen) atoms. The van der Waals surface area contributed by atoms with Gasteiger partial charge in [-0.2, -0.15) is 0 Å². The minimum atomic E-state index is -3.85. The number of hydrogen-bond acceptors (Lipinski definition) is 4. The lowest BCUT2D eigenvalue weighted by Crippen LogP contribution is -2.39. The van der Waals surface area contributed by atoms with Crippen LogP contribution in [-0.4, -0.2) is 14.4 Å². The van der Waals surface area contributed by atoms with Crippen LogP contribution in [0.15, 0.2) is 53.4 Å². The van der Waals surface area contributed by atoms with E-state index in [1.54, 1.807) is 18.2 Å². The first kappa shape index (κ1) is 12.5. The van der Waals surface area contributed by atoms with Crippen LogP contribution in [0.1, 0.15) is 0 Å². The van der Waals surface area contributed by atoms with E-state index in [1.165, 1.54) is 12.1 Å². The van der Waals surface area contributed by atoms with Crippen LogP contribution in [0.4, 0.5) is 10.5 Å². The van der Waals surface area contributed by atoms with Crippen LogP contribution >= 0.6 is 0 Å².